The Balaban J connectivity index is 1.17. The molecule has 2 saturated heterocycles. The molecule has 3 aliphatic heterocycles. The molecule has 0 unspecified atom stereocenters. The highest BCUT2D eigenvalue weighted by Gasteiger charge is 2.27. The lowest BCUT2D eigenvalue weighted by molar-refractivity contribution is -0.130. The van der Waals surface area contributed by atoms with Crippen LogP contribution in [0.4, 0.5) is 0 Å². The van der Waals surface area contributed by atoms with E-state index < -0.39 is 0 Å². The summed E-state index contributed by atoms with van der Waals surface area (Å²) in [5, 5.41) is 3.22. The van der Waals surface area contributed by atoms with Gasteiger partial charge in [-0.15, -0.1) is 0 Å². The smallest absolute Gasteiger partial charge is 0.251 e. The predicted molar refractivity (Wildman–Crippen MR) is 142 cm³/mol. The molecule has 8 heteroatoms. The van der Waals surface area contributed by atoms with Crippen LogP contribution in [0.3, 0.4) is 0 Å². The van der Waals surface area contributed by atoms with Crippen LogP contribution in [-0.2, 0) is 29.0 Å². The highest BCUT2D eigenvalue weighted by Crippen LogP contribution is 2.23. The number of carbonyl (C=O) groups excluding carboxylic acids is 2. The van der Waals surface area contributed by atoms with Crippen LogP contribution < -0.4 is 5.32 Å². The van der Waals surface area contributed by atoms with Crippen LogP contribution in [-0.4, -0.2) is 90.0 Å². The second-order valence-corrected chi connectivity index (χ2v) is 10.6. The first-order chi connectivity index (χ1) is 18.0. The van der Waals surface area contributed by atoms with E-state index in [1.54, 1.807) is 19.2 Å². The predicted octanol–water partition coefficient (Wildman–Crippen LogP) is 2.33. The summed E-state index contributed by atoms with van der Waals surface area (Å²) < 4.78 is 5.59. The van der Waals surface area contributed by atoms with Crippen LogP contribution in [0.25, 0.3) is 0 Å². The molecule has 1 aromatic carbocycles. The summed E-state index contributed by atoms with van der Waals surface area (Å²) in [6.07, 6.45) is 4.56. The molecule has 3 aliphatic rings. The third-order valence-electron chi connectivity index (χ3n) is 8.07. The fourth-order valence-electron chi connectivity index (χ4n) is 5.87. The Morgan fingerprint density at radius 1 is 1.05 bits per heavy atom. The molecule has 2 fully saturated rings. The maximum Gasteiger partial charge on any atom is 0.251 e. The maximum atomic E-state index is 13.2. The number of rotatable bonds is 8. The monoisotopic (exact) mass is 505 g/mol. The summed E-state index contributed by atoms with van der Waals surface area (Å²) in [6, 6.07) is 12.6. The molecule has 0 aliphatic carbocycles. The molecule has 0 spiro atoms. The Labute approximate surface area is 220 Å². The normalized spacial score (nSPS) is 20.0. The summed E-state index contributed by atoms with van der Waals surface area (Å²) in [4.78, 5) is 36.2. The third-order valence-corrected chi connectivity index (χ3v) is 8.07. The van der Waals surface area contributed by atoms with Gasteiger partial charge in [0.05, 0.1) is 13.2 Å². The van der Waals surface area contributed by atoms with Gasteiger partial charge >= 0.3 is 0 Å². The minimum absolute atomic E-state index is 0.0435. The van der Waals surface area contributed by atoms with Gasteiger partial charge in [-0.1, -0.05) is 24.3 Å². The fourth-order valence-corrected chi connectivity index (χ4v) is 5.87. The SMILES string of the molecule is CC(=O)N1CCC(Cc2cc(C(=O)NC[C@@H](CN3Cc4ccccc4C3)N3CCOCC3)ccn2)CC1. The van der Waals surface area contributed by atoms with Crippen molar-refractivity contribution in [2.75, 3.05) is 52.5 Å². The van der Waals surface area contributed by atoms with Gasteiger partial charge in [-0.05, 0) is 48.4 Å². The molecule has 2 aromatic rings. The number of amides is 2. The molecule has 0 bridgehead atoms. The maximum absolute atomic E-state index is 13.2. The Kier molecular flexibility index (Phi) is 8.48. The molecule has 0 radical (unpaired) electrons. The highest BCUT2D eigenvalue weighted by molar-refractivity contribution is 5.94. The van der Waals surface area contributed by atoms with Crippen molar-refractivity contribution in [3.05, 3.63) is 65.0 Å². The van der Waals surface area contributed by atoms with Gasteiger partial charge in [0.15, 0.2) is 0 Å². The second-order valence-electron chi connectivity index (χ2n) is 10.6. The van der Waals surface area contributed by atoms with E-state index in [-0.39, 0.29) is 17.9 Å². The van der Waals surface area contributed by atoms with E-state index in [0.29, 0.717) is 18.0 Å². The van der Waals surface area contributed by atoms with Gasteiger partial charge in [-0.25, -0.2) is 0 Å². The van der Waals surface area contributed by atoms with Gasteiger partial charge < -0.3 is 15.0 Å². The average Bonchev–Trinajstić information content (AvgIpc) is 3.34. The average molecular weight is 506 g/mol. The fraction of sp³-hybridized carbons (Fsp3) is 0.552. The van der Waals surface area contributed by atoms with Crippen molar-refractivity contribution in [3.8, 4) is 0 Å². The number of aromatic nitrogens is 1. The van der Waals surface area contributed by atoms with Gasteiger partial charge in [-0.3, -0.25) is 24.4 Å². The number of nitrogens with one attached hydrogen (secondary N) is 1. The number of benzene rings is 1. The molecular formula is C29H39N5O3. The van der Waals surface area contributed by atoms with Crippen molar-refractivity contribution < 1.29 is 14.3 Å². The van der Waals surface area contributed by atoms with Crippen LogP contribution in [0.5, 0.6) is 0 Å². The molecule has 0 saturated carbocycles. The number of ether oxygens (including phenoxy) is 1. The molecule has 198 valence electrons. The summed E-state index contributed by atoms with van der Waals surface area (Å²) in [5.41, 5.74) is 4.43. The number of pyridine rings is 1. The minimum atomic E-state index is -0.0435. The number of hydrogen-bond acceptors (Lipinski definition) is 6. The van der Waals surface area contributed by atoms with Crippen molar-refractivity contribution in [2.45, 2.75) is 45.3 Å². The van der Waals surface area contributed by atoms with Crippen LogP contribution >= 0.6 is 0 Å². The molecular weight excluding hydrogens is 466 g/mol. The first-order valence-corrected chi connectivity index (χ1v) is 13.6. The standard InChI is InChI=1S/C29H39N5O3/c1-22(35)33-10-7-23(8-11-33)16-27-17-24(6-9-30-27)29(36)31-18-28(34-12-14-37-15-13-34)21-32-19-25-4-2-3-5-26(25)20-32/h2-6,9,17,23,28H,7-8,10-16,18-21H2,1H3,(H,31,36)/t28-/m0/s1. The lowest BCUT2D eigenvalue weighted by Crippen LogP contribution is -2.53. The number of morpholine rings is 1. The molecule has 5 rings (SSSR count). The van der Waals surface area contributed by atoms with Crippen molar-refractivity contribution >= 4 is 11.8 Å². The van der Waals surface area contributed by atoms with E-state index >= 15 is 0 Å². The number of likely N-dealkylation sites (tertiary alicyclic amines) is 1. The number of hydrogen-bond donors (Lipinski definition) is 1. The van der Waals surface area contributed by atoms with Crippen molar-refractivity contribution in [2.24, 2.45) is 5.92 Å². The van der Waals surface area contributed by atoms with E-state index in [1.165, 1.54) is 11.1 Å². The zero-order valence-electron chi connectivity index (χ0n) is 21.9. The largest absolute Gasteiger partial charge is 0.379 e. The zero-order chi connectivity index (χ0) is 25.6. The van der Waals surface area contributed by atoms with Crippen molar-refractivity contribution in [1.29, 1.82) is 0 Å². The molecule has 8 nitrogen and oxygen atoms in total. The van der Waals surface area contributed by atoms with E-state index in [1.807, 2.05) is 11.0 Å². The zero-order valence-corrected chi connectivity index (χ0v) is 21.9. The molecule has 4 heterocycles. The topological polar surface area (TPSA) is 78.0 Å². The summed E-state index contributed by atoms with van der Waals surface area (Å²) in [7, 11) is 0. The van der Waals surface area contributed by atoms with E-state index in [2.05, 4.69) is 44.4 Å². The molecule has 1 atom stereocenters. The quantitative estimate of drug-likeness (QED) is 0.594. The molecule has 2 amide bonds. The van der Waals surface area contributed by atoms with Crippen LogP contribution in [0.1, 0.15) is 46.9 Å². The summed E-state index contributed by atoms with van der Waals surface area (Å²) in [5.74, 6) is 0.606. The van der Waals surface area contributed by atoms with Gasteiger partial charge in [-0.2, -0.15) is 0 Å². The van der Waals surface area contributed by atoms with Crippen LogP contribution in [0.2, 0.25) is 0 Å². The third kappa shape index (κ3) is 6.74. The summed E-state index contributed by atoms with van der Waals surface area (Å²) in [6.45, 7) is 9.96. The first-order valence-electron chi connectivity index (χ1n) is 13.6. The molecule has 37 heavy (non-hydrogen) atoms. The number of nitrogens with zero attached hydrogens (tertiary/aromatic N) is 4. The highest BCUT2D eigenvalue weighted by atomic mass is 16.5. The Bertz CT molecular complexity index is 1050. The van der Waals surface area contributed by atoms with Gasteiger partial charge in [0.2, 0.25) is 5.91 Å². The number of carbonyl (C=O) groups is 2. The van der Waals surface area contributed by atoms with E-state index in [9.17, 15) is 9.59 Å². The van der Waals surface area contributed by atoms with E-state index in [0.717, 1.165) is 84.0 Å². The lowest BCUT2D eigenvalue weighted by atomic mass is 9.91. The minimum Gasteiger partial charge on any atom is -0.379 e. The Hall–Kier alpha value is -2.81. The number of fused-ring (bicyclic) bond motifs is 1. The van der Waals surface area contributed by atoms with Crippen molar-refractivity contribution in [3.63, 3.8) is 0 Å². The lowest BCUT2D eigenvalue weighted by Gasteiger charge is -2.36. The van der Waals surface area contributed by atoms with Crippen LogP contribution in [0.15, 0.2) is 42.6 Å². The van der Waals surface area contributed by atoms with Gasteiger partial charge in [0.25, 0.3) is 5.91 Å². The first kappa shape index (κ1) is 25.8. The molecule has 1 aromatic heterocycles. The van der Waals surface area contributed by atoms with E-state index in [4.69, 9.17) is 4.74 Å². The second kappa shape index (κ2) is 12.2. The Morgan fingerprint density at radius 3 is 2.43 bits per heavy atom. The Morgan fingerprint density at radius 2 is 1.76 bits per heavy atom. The van der Waals surface area contributed by atoms with Crippen molar-refractivity contribution in [1.82, 2.24) is 25.0 Å². The summed E-state index contributed by atoms with van der Waals surface area (Å²) >= 11 is 0. The van der Waals surface area contributed by atoms with Gasteiger partial charge in [0, 0.05) is 82.8 Å². The molecule has 1 N–H and O–H groups in total. The van der Waals surface area contributed by atoms with Gasteiger partial charge in [0.1, 0.15) is 0 Å². The number of piperidine rings is 1. The van der Waals surface area contributed by atoms with Crippen LogP contribution in [0, 0.1) is 5.92 Å².